The van der Waals surface area contributed by atoms with Crippen LogP contribution in [0.4, 0.5) is 5.69 Å². The molecule has 0 bridgehead atoms. The molecule has 1 aromatic carbocycles. The predicted octanol–water partition coefficient (Wildman–Crippen LogP) is 5.15. The van der Waals surface area contributed by atoms with Crippen molar-refractivity contribution in [3.8, 4) is 11.5 Å². The lowest BCUT2D eigenvalue weighted by molar-refractivity contribution is 0.415. The molecule has 0 saturated heterocycles. The minimum Gasteiger partial charge on any atom is -0.494 e. The third kappa shape index (κ3) is 7.80. The smallest absolute Gasteiger partial charge is 0.147 e. The highest BCUT2D eigenvalue weighted by molar-refractivity contribution is 7.95. The minimum absolute atomic E-state index is 0.688. The summed E-state index contributed by atoms with van der Waals surface area (Å²) < 4.78 is 10.9. The van der Waals surface area contributed by atoms with E-state index in [1.54, 1.807) is 7.11 Å². The lowest BCUT2D eigenvalue weighted by Gasteiger charge is -2.10. The van der Waals surface area contributed by atoms with Gasteiger partial charge in [-0.1, -0.05) is 51.9 Å². The van der Waals surface area contributed by atoms with Gasteiger partial charge >= 0.3 is 0 Å². The molecular weight excluding hydrogens is 296 g/mol. The van der Waals surface area contributed by atoms with Gasteiger partial charge in [-0.15, -0.1) is 0 Å². The van der Waals surface area contributed by atoms with Crippen LogP contribution < -0.4 is 20.2 Å². The van der Waals surface area contributed by atoms with Gasteiger partial charge in [-0.05, 0) is 18.6 Å². The number of methoxy groups -OCH3 is 1. The number of benzene rings is 1. The summed E-state index contributed by atoms with van der Waals surface area (Å²) in [5.41, 5.74) is 3.35. The first-order chi connectivity index (χ1) is 10.8. The van der Waals surface area contributed by atoms with Gasteiger partial charge in [-0.3, -0.25) is 5.84 Å². The number of anilines is 1. The zero-order valence-electron chi connectivity index (χ0n) is 13.9. The van der Waals surface area contributed by atoms with Gasteiger partial charge in [0.25, 0.3) is 0 Å². The highest BCUT2D eigenvalue weighted by Gasteiger charge is 2.04. The Labute approximate surface area is 139 Å². The first-order valence-corrected chi connectivity index (χ1v) is 9.17. The summed E-state index contributed by atoms with van der Waals surface area (Å²) in [6.07, 6.45) is 10.7. The highest BCUT2D eigenvalue weighted by atomic mass is 32.2. The molecule has 0 aromatic heterocycles. The average Bonchev–Trinajstić information content (AvgIpc) is 2.56. The van der Waals surface area contributed by atoms with Crippen molar-refractivity contribution in [1.82, 2.24) is 0 Å². The van der Waals surface area contributed by atoms with Crippen molar-refractivity contribution in [3.63, 3.8) is 0 Å². The summed E-state index contributed by atoms with van der Waals surface area (Å²) in [7, 11) is 1.62. The molecule has 126 valence electrons. The largest absolute Gasteiger partial charge is 0.494 e. The van der Waals surface area contributed by atoms with E-state index in [1.807, 2.05) is 18.2 Å². The number of hydrogen-bond acceptors (Lipinski definition) is 5. The second-order valence-electron chi connectivity index (χ2n) is 5.39. The van der Waals surface area contributed by atoms with Gasteiger partial charge < -0.3 is 14.3 Å². The number of unbranched alkanes of at least 4 members (excludes halogenated alkanes) is 7. The van der Waals surface area contributed by atoms with Crippen molar-refractivity contribution in [2.75, 3.05) is 18.3 Å². The normalized spacial score (nSPS) is 10.5. The maximum absolute atomic E-state index is 5.68. The van der Waals surface area contributed by atoms with Crippen LogP contribution in [0.2, 0.25) is 0 Å². The second kappa shape index (κ2) is 12.5. The van der Waals surface area contributed by atoms with Gasteiger partial charge in [0.05, 0.1) is 24.8 Å². The molecule has 0 aliphatic carbocycles. The van der Waals surface area contributed by atoms with Crippen LogP contribution in [0.1, 0.15) is 58.3 Å². The van der Waals surface area contributed by atoms with Crippen LogP contribution in [0.5, 0.6) is 11.5 Å². The fourth-order valence-corrected chi connectivity index (χ4v) is 2.89. The molecule has 0 unspecified atom stereocenters. The van der Waals surface area contributed by atoms with Crippen LogP contribution in [0.25, 0.3) is 0 Å². The zero-order valence-corrected chi connectivity index (χ0v) is 14.7. The molecule has 0 fully saturated rings. The van der Waals surface area contributed by atoms with Crippen molar-refractivity contribution in [2.45, 2.75) is 58.3 Å². The molecule has 0 aliphatic heterocycles. The first-order valence-electron chi connectivity index (χ1n) is 8.26. The Kier molecular flexibility index (Phi) is 10.8. The SMILES string of the molecule is CCCCCCCCCCSOc1ccc(NN)c(OC)c1. The number of hydrogen-bond donors (Lipinski definition) is 2. The van der Waals surface area contributed by atoms with Crippen LogP contribution >= 0.6 is 12.0 Å². The third-order valence-corrected chi connectivity index (χ3v) is 4.33. The monoisotopic (exact) mass is 326 g/mol. The molecule has 0 amide bonds. The van der Waals surface area contributed by atoms with Crippen LogP contribution in [-0.2, 0) is 0 Å². The predicted molar refractivity (Wildman–Crippen MR) is 96.5 cm³/mol. The maximum Gasteiger partial charge on any atom is 0.147 e. The summed E-state index contributed by atoms with van der Waals surface area (Å²) in [4.78, 5) is 0. The minimum atomic E-state index is 0.688. The number of nitrogen functional groups attached to an aromatic ring is 1. The molecule has 22 heavy (non-hydrogen) atoms. The van der Waals surface area contributed by atoms with Crippen molar-refractivity contribution < 1.29 is 8.92 Å². The van der Waals surface area contributed by atoms with Gasteiger partial charge in [-0.2, -0.15) is 0 Å². The molecule has 0 heterocycles. The molecule has 0 radical (unpaired) electrons. The summed E-state index contributed by atoms with van der Waals surface area (Å²) in [5, 5.41) is 0. The maximum atomic E-state index is 5.68. The molecule has 0 spiro atoms. The molecular formula is C17H30N2O2S. The molecule has 0 aliphatic rings. The average molecular weight is 327 g/mol. The topological polar surface area (TPSA) is 56.5 Å². The number of rotatable bonds is 13. The Morgan fingerprint density at radius 3 is 2.36 bits per heavy atom. The zero-order chi connectivity index (χ0) is 16.0. The first kappa shape index (κ1) is 19.0. The van der Waals surface area contributed by atoms with E-state index in [-0.39, 0.29) is 0 Å². The Bertz CT molecular complexity index is 402. The lowest BCUT2D eigenvalue weighted by Crippen LogP contribution is -2.07. The molecule has 1 aromatic rings. The third-order valence-electron chi connectivity index (χ3n) is 3.56. The van der Waals surface area contributed by atoms with E-state index in [0.717, 1.165) is 17.2 Å². The van der Waals surface area contributed by atoms with E-state index in [4.69, 9.17) is 14.8 Å². The summed E-state index contributed by atoms with van der Waals surface area (Å²) in [5.74, 6) is 7.91. The van der Waals surface area contributed by atoms with Gasteiger partial charge in [0.1, 0.15) is 11.5 Å². The van der Waals surface area contributed by atoms with Crippen molar-refractivity contribution in [3.05, 3.63) is 18.2 Å². The number of nitrogens with one attached hydrogen (secondary N) is 1. The Balaban J connectivity index is 2.07. The Morgan fingerprint density at radius 1 is 1.05 bits per heavy atom. The second-order valence-corrected chi connectivity index (χ2v) is 6.20. The van der Waals surface area contributed by atoms with Crippen molar-refractivity contribution in [1.29, 1.82) is 0 Å². The van der Waals surface area contributed by atoms with Gasteiger partial charge in [0.2, 0.25) is 0 Å². The Hall–Kier alpha value is -1.07. The molecule has 4 nitrogen and oxygen atoms in total. The summed E-state index contributed by atoms with van der Waals surface area (Å²) in [6.45, 7) is 2.26. The van der Waals surface area contributed by atoms with Crippen LogP contribution in [0.3, 0.4) is 0 Å². The van der Waals surface area contributed by atoms with Gasteiger partial charge in [0.15, 0.2) is 0 Å². The number of nitrogens with two attached hydrogens (primary N) is 1. The number of ether oxygens (including phenoxy) is 1. The molecule has 3 N–H and O–H groups in total. The Morgan fingerprint density at radius 2 is 1.73 bits per heavy atom. The van der Waals surface area contributed by atoms with Crippen LogP contribution in [0, 0.1) is 0 Å². The van der Waals surface area contributed by atoms with Crippen LogP contribution in [0.15, 0.2) is 18.2 Å². The van der Waals surface area contributed by atoms with E-state index in [9.17, 15) is 0 Å². The molecule has 5 heteroatoms. The standard InChI is InChI=1S/C17H30N2O2S/c1-3-4-5-6-7-8-9-10-13-22-21-15-11-12-16(19-18)17(14-15)20-2/h11-12,14,19H,3-10,13,18H2,1-2H3. The van der Waals surface area contributed by atoms with Crippen molar-refractivity contribution in [2.24, 2.45) is 5.84 Å². The van der Waals surface area contributed by atoms with E-state index < -0.39 is 0 Å². The number of hydrazine groups is 1. The quantitative estimate of drug-likeness (QED) is 0.227. The fraction of sp³-hybridized carbons (Fsp3) is 0.647. The summed E-state index contributed by atoms with van der Waals surface area (Å²) >= 11 is 1.50. The van der Waals surface area contributed by atoms with E-state index in [2.05, 4.69) is 12.3 Å². The van der Waals surface area contributed by atoms with Gasteiger partial charge in [0, 0.05) is 11.8 Å². The molecule has 1 rings (SSSR count). The van der Waals surface area contributed by atoms with E-state index in [0.29, 0.717) is 5.75 Å². The fourth-order valence-electron chi connectivity index (χ4n) is 2.25. The van der Waals surface area contributed by atoms with E-state index in [1.165, 1.54) is 63.4 Å². The van der Waals surface area contributed by atoms with Gasteiger partial charge in [-0.25, -0.2) is 0 Å². The van der Waals surface area contributed by atoms with E-state index >= 15 is 0 Å². The summed E-state index contributed by atoms with van der Waals surface area (Å²) in [6, 6.07) is 5.58. The molecule has 0 saturated carbocycles. The highest BCUT2D eigenvalue weighted by Crippen LogP contribution is 2.30. The molecule has 0 atom stereocenters. The van der Waals surface area contributed by atoms with Crippen LogP contribution in [-0.4, -0.2) is 12.9 Å². The van der Waals surface area contributed by atoms with Crippen molar-refractivity contribution >= 4 is 17.7 Å². The lowest BCUT2D eigenvalue weighted by atomic mass is 10.1.